The molecule has 241 valence electrons. The van der Waals surface area contributed by atoms with Crippen LogP contribution in [0.15, 0.2) is 60.5 Å². The number of aliphatic hydroxyl groups excluding tert-OH is 1. The van der Waals surface area contributed by atoms with Crippen molar-refractivity contribution in [1.29, 1.82) is 0 Å². The predicted molar refractivity (Wildman–Crippen MR) is 183 cm³/mol. The van der Waals surface area contributed by atoms with Gasteiger partial charge in [0.25, 0.3) is 0 Å². The summed E-state index contributed by atoms with van der Waals surface area (Å²) < 4.78 is 0. The van der Waals surface area contributed by atoms with Gasteiger partial charge in [0.15, 0.2) is 5.78 Å². The molecule has 2 aromatic carbocycles. The molecule has 0 atom stereocenters. The number of nitrogens with zero attached hydrogens (tertiary/aromatic N) is 2. The van der Waals surface area contributed by atoms with Gasteiger partial charge in [-0.15, -0.1) is 23.6 Å². The summed E-state index contributed by atoms with van der Waals surface area (Å²) in [4.78, 5) is 21.7. The van der Waals surface area contributed by atoms with Crippen LogP contribution in [0.1, 0.15) is 122 Å². The molecule has 6 rings (SSSR count). The van der Waals surface area contributed by atoms with Crippen LogP contribution in [0.2, 0.25) is 0 Å². The van der Waals surface area contributed by atoms with Crippen LogP contribution in [0.4, 0.5) is 0 Å². The maximum Gasteiger partial charge on any atom is 0.162 e. The zero-order chi connectivity index (χ0) is 31.4. The molecule has 2 heterocycles. The smallest absolute Gasteiger partial charge is 0.162 e. The zero-order valence-corrected chi connectivity index (χ0v) is 30.3. The van der Waals surface area contributed by atoms with Crippen LogP contribution in [-0.2, 0) is 30.3 Å². The number of rotatable bonds is 8. The minimum absolute atomic E-state index is 0. The molecule has 2 aromatic heterocycles. The van der Waals surface area contributed by atoms with Crippen molar-refractivity contribution in [1.82, 2.24) is 9.97 Å². The van der Waals surface area contributed by atoms with Gasteiger partial charge in [0.1, 0.15) is 0 Å². The molecule has 45 heavy (non-hydrogen) atoms. The zero-order valence-electron chi connectivity index (χ0n) is 27.9. The van der Waals surface area contributed by atoms with Crippen molar-refractivity contribution in [2.75, 3.05) is 0 Å². The molecule has 2 aliphatic carbocycles. The van der Waals surface area contributed by atoms with Crippen molar-refractivity contribution >= 4 is 27.5 Å². The minimum atomic E-state index is -0.101. The number of benzene rings is 2. The summed E-state index contributed by atoms with van der Waals surface area (Å²) in [6.07, 6.45) is 13.4. The van der Waals surface area contributed by atoms with E-state index in [0.29, 0.717) is 5.92 Å². The van der Waals surface area contributed by atoms with E-state index < -0.39 is 0 Å². The van der Waals surface area contributed by atoms with Crippen molar-refractivity contribution < 1.29 is 30.0 Å². The number of hydrogen-bond acceptors (Lipinski definition) is 4. The molecule has 0 bridgehead atoms. The number of ketones is 1. The van der Waals surface area contributed by atoms with Crippen LogP contribution in [0.25, 0.3) is 32.9 Å². The molecule has 0 unspecified atom stereocenters. The van der Waals surface area contributed by atoms with E-state index in [-0.39, 0.29) is 48.9 Å². The second-order valence-corrected chi connectivity index (χ2v) is 13.3. The van der Waals surface area contributed by atoms with Crippen LogP contribution in [0.5, 0.6) is 0 Å². The molecule has 1 radical (unpaired) electrons. The molecule has 4 nitrogen and oxygen atoms in total. The average molecular weight is 782 g/mol. The Kier molecular flexibility index (Phi) is 11.8. The molecule has 0 spiro atoms. The van der Waals surface area contributed by atoms with E-state index in [1.807, 2.05) is 33.9 Å². The van der Waals surface area contributed by atoms with Gasteiger partial charge in [0.2, 0.25) is 0 Å². The van der Waals surface area contributed by atoms with Crippen molar-refractivity contribution in [3.05, 3.63) is 83.4 Å². The third kappa shape index (κ3) is 7.10. The molecular weight excluding hydrogens is 733 g/mol. The Labute approximate surface area is 283 Å². The Morgan fingerprint density at radius 3 is 2.29 bits per heavy atom. The first-order chi connectivity index (χ1) is 21.2. The SMILES string of the molecule is CC1(C)c2cc3ccccc3[c-]c2-c2nccc3nc(C4CCCCC4)cc1c23.CCC(CC)C(=O)/C=C(\O)C(CC)CC.[Ir]. The molecule has 1 saturated carbocycles. The van der Waals surface area contributed by atoms with Crippen molar-refractivity contribution in [2.45, 2.75) is 111 Å². The van der Waals surface area contributed by atoms with E-state index in [4.69, 9.17) is 9.97 Å². The monoisotopic (exact) mass is 782 g/mol. The Morgan fingerprint density at radius 1 is 0.956 bits per heavy atom. The van der Waals surface area contributed by atoms with Crippen molar-refractivity contribution in [2.24, 2.45) is 11.8 Å². The standard InChI is InChI=1S/C27H25N2.C13H24O2.Ir/c1-27(2)21-15-19-11-7-6-10-18(19)14-20(21)26-25-22(27)16-24(17-8-4-3-5-9-17)29-23(25)12-13-28-26;1-5-10(6-2)12(14)9-13(15)11(7-3)8-4;/h6-7,10-13,15-17H,3-5,8-9H2,1-2H3;9-11,14H,5-8H2,1-4H3;/q-1;;/b;12-9-;. The average Bonchev–Trinajstić information content (AvgIpc) is 3.04. The van der Waals surface area contributed by atoms with Crippen LogP contribution in [0.3, 0.4) is 0 Å². The van der Waals surface area contributed by atoms with E-state index in [1.165, 1.54) is 65.8 Å². The predicted octanol–water partition coefficient (Wildman–Crippen LogP) is 10.8. The summed E-state index contributed by atoms with van der Waals surface area (Å²) in [5.41, 5.74) is 7.15. The van der Waals surface area contributed by atoms with E-state index in [0.717, 1.165) is 47.8 Å². The fourth-order valence-corrected chi connectivity index (χ4v) is 7.26. The minimum Gasteiger partial charge on any atom is -0.512 e. The first-order valence-electron chi connectivity index (χ1n) is 16.9. The Hall–Kier alpha value is -2.88. The van der Waals surface area contributed by atoms with Crippen LogP contribution in [0, 0.1) is 17.9 Å². The molecule has 1 N–H and O–H groups in total. The Balaban J connectivity index is 0.000000249. The van der Waals surface area contributed by atoms with Crippen LogP contribution >= 0.6 is 0 Å². The summed E-state index contributed by atoms with van der Waals surface area (Å²) in [5.74, 6) is 1.15. The quantitative estimate of drug-likeness (QED) is 0.110. The fourth-order valence-electron chi connectivity index (χ4n) is 7.26. The fraction of sp³-hybridized carbons (Fsp3) is 0.475. The van der Waals surface area contributed by atoms with Gasteiger partial charge in [0.05, 0.1) is 11.3 Å². The third-order valence-electron chi connectivity index (χ3n) is 10.2. The van der Waals surface area contributed by atoms with E-state index in [9.17, 15) is 9.90 Å². The number of allylic oxidation sites excluding steroid dienone is 2. The first kappa shape index (κ1) is 35.0. The van der Waals surface area contributed by atoms with Gasteiger partial charge in [-0.1, -0.05) is 95.5 Å². The molecular formula is C40H49IrN2O2-. The number of aliphatic hydroxyl groups is 1. The van der Waals surface area contributed by atoms with E-state index >= 15 is 0 Å². The van der Waals surface area contributed by atoms with Gasteiger partial charge in [0, 0.05) is 61.5 Å². The topological polar surface area (TPSA) is 63.1 Å². The molecule has 2 aliphatic rings. The van der Waals surface area contributed by atoms with Gasteiger partial charge in [-0.25, -0.2) is 0 Å². The van der Waals surface area contributed by atoms with Gasteiger partial charge in [-0.3, -0.25) is 14.8 Å². The number of aromatic nitrogens is 2. The van der Waals surface area contributed by atoms with Crippen molar-refractivity contribution in [3.8, 4) is 11.3 Å². The largest absolute Gasteiger partial charge is 0.512 e. The maximum atomic E-state index is 11.7. The third-order valence-corrected chi connectivity index (χ3v) is 10.2. The molecule has 0 amide bonds. The Bertz CT molecular complexity index is 1660. The first-order valence-corrected chi connectivity index (χ1v) is 16.9. The molecule has 1 fully saturated rings. The van der Waals surface area contributed by atoms with Gasteiger partial charge < -0.3 is 5.11 Å². The second kappa shape index (κ2) is 15.1. The summed E-state index contributed by atoms with van der Waals surface area (Å²) in [7, 11) is 0. The summed E-state index contributed by atoms with van der Waals surface area (Å²) in [6.45, 7) is 12.8. The normalized spacial score (nSPS) is 15.9. The molecule has 0 saturated heterocycles. The number of carbonyl (C=O) groups excluding carboxylic acids is 1. The summed E-state index contributed by atoms with van der Waals surface area (Å²) in [6, 6.07) is 19.1. The summed E-state index contributed by atoms with van der Waals surface area (Å²) in [5, 5.41) is 13.4. The molecule has 5 heteroatoms. The van der Waals surface area contributed by atoms with Gasteiger partial charge >= 0.3 is 0 Å². The van der Waals surface area contributed by atoms with Crippen LogP contribution < -0.4 is 0 Å². The number of fused-ring (bicyclic) bond motifs is 3. The van der Waals surface area contributed by atoms with E-state index in [2.05, 4.69) is 62.4 Å². The van der Waals surface area contributed by atoms with Crippen LogP contribution in [-0.4, -0.2) is 20.9 Å². The van der Waals surface area contributed by atoms with Crippen molar-refractivity contribution in [3.63, 3.8) is 0 Å². The van der Waals surface area contributed by atoms with E-state index in [1.54, 1.807) is 0 Å². The second-order valence-electron chi connectivity index (χ2n) is 13.3. The number of carbonyl (C=O) groups is 1. The summed E-state index contributed by atoms with van der Waals surface area (Å²) >= 11 is 0. The maximum absolute atomic E-state index is 11.7. The number of pyridine rings is 2. The number of hydrogen-bond donors (Lipinski definition) is 1. The molecule has 4 aromatic rings. The van der Waals surface area contributed by atoms with Gasteiger partial charge in [-0.05, 0) is 67.0 Å². The van der Waals surface area contributed by atoms with Gasteiger partial charge in [-0.2, -0.15) is 0 Å². The molecule has 0 aliphatic heterocycles. The Morgan fingerprint density at radius 2 is 1.62 bits per heavy atom.